The van der Waals surface area contributed by atoms with E-state index < -0.39 is 0 Å². The molecule has 0 aromatic heterocycles. The second-order valence-corrected chi connectivity index (χ2v) is 7.38. The number of phenolic OH excluding ortho intramolecular Hbond substituents is 3. The van der Waals surface area contributed by atoms with Gasteiger partial charge in [0.05, 0.1) is 0 Å². The van der Waals surface area contributed by atoms with E-state index in [1.54, 1.807) is 36.4 Å². The maximum Gasteiger partial charge on any atom is 0.115 e. The minimum atomic E-state index is -0.00901. The average molecular weight is 362 g/mol. The molecule has 0 saturated heterocycles. The topological polar surface area (TPSA) is 60.7 Å². The number of benzene rings is 3. The summed E-state index contributed by atoms with van der Waals surface area (Å²) in [6, 6.07) is 22.3. The van der Waals surface area contributed by atoms with Crippen LogP contribution in [-0.4, -0.2) is 15.3 Å². The van der Waals surface area contributed by atoms with Crippen molar-refractivity contribution < 1.29 is 15.3 Å². The van der Waals surface area contributed by atoms with Crippen LogP contribution in [-0.2, 0) is 19.3 Å². The van der Waals surface area contributed by atoms with Gasteiger partial charge in [-0.15, -0.1) is 0 Å². The highest BCUT2D eigenvalue weighted by Crippen LogP contribution is 2.36. The van der Waals surface area contributed by atoms with Crippen molar-refractivity contribution in [2.45, 2.75) is 32.6 Å². The fraction of sp³-hybridized carbons (Fsp3) is 0.250. The van der Waals surface area contributed by atoms with Crippen LogP contribution in [0.5, 0.6) is 17.2 Å². The van der Waals surface area contributed by atoms with E-state index in [9.17, 15) is 15.3 Å². The van der Waals surface area contributed by atoms with E-state index in [0.717, 1.165) is 25.7 Å². The number of hydrogen-bond acceptors (Lipinski definition) is 3. The van der Waals surface area contributed by atoms with Crippen molar-refractivity contribution in [3.05, 3.63) is 89.5 Å². The molecule has 0 aliphatic heterocycles. The Hall–Kier alpha value is -2.94. The van der Waals surface area contributed by atoms with Crippen LogP contribution in [0.3, 0.4) is 0 Å². The second-order valence-electron chi connectivity index (χ2n) is 7.38. The fourth-order valence-corrected chi connectivity index (χ4v) is 3.70. The summed E-state index contributed by atoms with van der Waals surface area (Å²) in [5, 5.41) is 28.8. The van der Waals surface area contributed by atoms with E-state index in [4.69, 9.17) is 0 Å². The fourth-order valence-electron chi connectivity index (χ4n) is 3.70. The van der Waals surface area contributed by atoms with Gasteiger partial charge in [-0.3, -0.25) is 0 Å². The van der Waals surface area contributed by atoms with Crippen molar-refractivity contribution in [1.82, 2.24) is 0 Å². The van der Waals surface area contributed by atoms with Crippen LogP contribution in [0.25, 0.3) is 0 Å². The molecule has 0 radical (unpaired) electrons. The van der Waals surface area contributed by atoms with Gasteiger partial charge in [0.15, 0.2) is 0 Å². The van der Waals surface area contributed by atoms with Gasteiger partial charge < -0.3 is 15.3 Å². The molecule has 0 heterocycles. The first kappa shape index (κ1) is 18.8. The zero-order valence-corrected chi connectivity index (χ0v) is 15.6. The van der Waals surface area contributed by atoms with Gasteiger partial charge in [0.25, 0.3) is 0 Å². The van der Waals surface area contributed by atoms with Crippen LogP contribution < -0.4 is 0 Å². The SMILES string of the molecule is CCC(Cc1ccc(O)cc1)(Cc1ccc(O)cc1)Cc1ccc(O)cc1. The van der Waals surface area contributed by atoms with Gasteiger partial charge in [0.1, 0.15) is 17.2 Å². The lowest BCUT2D eigenvalue weighted by Crippen LogP contribution is -2.29. The molecule has 3 rings (SSSR count). The third-order valence-corrected chi connectivity index (χ3v) is 5.30. The van der Waals surface area contributed by atoms with Crippen molar-refractivity contribution >= 4 is 0 Å². The molecule has 3 nitrogen and oxygen atoms in total. The van der Waals surface area contributed by atoms with Crippen molar-refractivity contribution in [2.24, 2.45) is 5.41 Å². The van der Waals surface area contributed by atoms with E-state index >= 15 is 0 Å². The molecule has 140 valence electrons. The first-order valence-electron chi connectivity index (χ1n) is 9.32. The maximum absolute atomic E-state index is 9.59. The van der Waals surface area contributed by atoms with Crippen LogP contribution in [0.15, 0.2) is 72.8 Å². The summed E-state index contributed by atoms with van der Waals surface area (Å²) in [7, 11) is 0. The van der Waals surface area contributed by atoms with Crippen molar-refractivity contribution in [1.29, 1.82) is 0 Å². The monoisotopic (exact) mass is 362 g/mol. The molecule has 0 spiro atoms. The normalized spacial score (nSPS) is 11.4. The number of aromatic hydroxyl groups is 3. The van der Waals surface area contributed by atoms with Gasteiger partial charge in [-0.25, -0.2) is 0 Å². The molecule has 0 amide bonds. The first-order chi connectivity index (χ1) is 13.0. The molecule has 0 unspecified atom stereocenters. The molecular weight excluding hydrogens is 336 g/mol. The summed E-state index contributed by atoms with van der Waals surface area (Å²) in [6.45, 7) is 2.21. The van der Waals surface area contributed by atoms with Crippen LogP contribution in [0.1, 0.15) is 30.0 Å². The molecule has 0 saturated carbocycles. The summed E-state index contributed by atoms with van der Waals surface area (Å²) in [5.41, 5.74) is 3.55. The predicted molar refractivity (Wildman–Crippen MR) is 108 cm³/mol. The van der Waals surface area contributed by atoms with Crippen molar-refractivity contribution in [3.63, 3.8) is 0 Å². The van der Waals surface area contributed by atoms with Crippen molar-refractivity contribution in [3.8, 4) is 17.2 Å². The van der Waals surface area contributed by atoms with Crippen LogP contribution in [0.2, 0.25) is 0 Å². The number of rotatable bonds is 7. The lowest BCUT2D eigenvalue weighted by atomic mass is 9.70. The highest BCUT2D eigenvalue weighted by atomic mass is 16.3. The first-order valence-corrected chi connectivity index (χ1v) is 9.32. The molecule has 0 bridgehead atoms. The predicted octanol–water partition coefficient (Wildman–Crippen LogP) is 5.23. The van der Waals surface area contributed by atoms with Crippen LogP contribution in [0, 0.1) is 5.41 Å². The van der Waals surface area contributed by atoms with E-state index in [1.807, 2.05) is 36.4 Å². The third-order valence-electron chi connectivity index (χ3n) is 5.30. The van der Waals surface area contributed by atoms with Crippen LogP contribution in [0.4, 0.5) is 0 Å². The summed E-state index contributed by atoms with van der Waals surface area (Å²) >= 11 is 0. The van der Waals surface area contributed by atoms with E-state index in [2.05, 4.69) is 6.92 Å². The molecule has 3 heteroatoms. The van der Waals surface area contributed by atoms with Gasteiger partial charge >= 0.3 is 0 Å². The Morgan fingerprint density at radius 3 is 1.00 bits per heavy atom. The lowest BCUT2D eigenvalue weighted by Gasteiger charge is -2.34. The smallest absolute Gasteiger partial charge is 0.115 e. The van der Waals surface area contributed by atoms with E-state index in [1.165, 1.54) is 16.7 Å². The van der Waals surface area contributed by atoms with Gasteiger partial charge in [-0.2, -0.15) is 0 Å². The Morgan fingerprint density at radius 1 is 0.519 bits per heavy atom. The highest BCUT2D eigenvalue weighted by molar-refractivity contribution is 5.31. The summed E-state index contributed by atoms with van der Waals surface area (Å²) in [6.07, 6.45) is 3.62. The van der Waals surface area contributed by atoms with E-state index in [0.29, 0.717) is 0 Å². The Balaban J connectivity index is 1.92. The molecule has 0 aliphatic carbocycles. The molecule has 3 aromatic carbocycles. The summed E-state index contributed by atoms with van der Waals surface area (Å²) in [5.74, 6) is 0.828. The quantitative estimate of drug-likeness (QED) is 0.539. The average Bonchev–Trinajstić information content (AvgIpc) is 2.67. The largest absolute Gasteiger partial charge is 0.508 e. The number of hydrogen-bond donors (Lipinski definition) is 3. The van der Waals surface area contributed by atoms with Crippen molar-refractivity contribution in [2.75, 3.05) is 0 Å². The molecule has 3 aromatic rings. The Bertz CT molecular complexity index is 734. The summed E-state index contributed by atoms with van der Waals surface area (Å²) < 4.78 is 0. The van der Waals surface area contributed by atoms with Gasteiger partial charge in [0.2, 0.25) is 0 Å². The van der Waals surface area contributed by atoms with Gasteiger partial charge in [-0.05, 0) is 84.2 Å². The Kier molecular flexibility index (Phi) is 5.70. The zero-order valence-electron chi connectivity index (χ0n) is 15.6. The zero-order chi connectivity index (χ0) is 19.3. The minimum absolute atomic E-state index is 0.00901. The highest BCUT2D eigenvalue weighted by Gasteiger charge is 2.29. The van der Waals surface area contributed by atoms with Crippen LogP contribution >= 0.6 is 0 Å². The van der Waals surface area contributed by atoms with Gasteiger partial charge in [-0.1, -0.05) is 43.3 Å². The molecular formula is C24H26O3. The Labute approximate surface area is 160 Å². The molecule has 0 aliphatic rings. The third kappa shape index (κ3) is 5.04. The molecule has 3 N–H and O–H groups in total. The second kappa shape index (κ2) is 8.17. The number of phenols is 3. The standard InChI is InChI=1S/C24H26O3/c1-2-24(15-18-3-9-21(25)10-4-18,16-19-5-11-22(26)12-6-19)17-20-7-13-23(27)14-8-20/h3-14,25-27H,2,15-17H2,1H3. The maximum atomic E-state index is 9.59. The minimum Gasteiger partial charge on any atom is -0.508 e. The summed E-state index contributed by atoms with van der Waals surface area (Å²) in [4.78, 5) is 0. The Morgan fingerprint density at radius 2 is 0.778 bits per heavy atom. The van der Waals surface area contributed by atoms with Gasteiger partial charge in [0, 0.05) is 0 Å². The molecule has 27 heavy (non-hydrogen) atoms. The lowest BCUT2D eigenvalue weighted by molar-refractivity contribution is 0.266. The molecule has 0 fully saturated rings. The molecule has 0 atom stereocenters. The van der Waals surface area contributed by atoms with E-state index in [-0.39, 0.29) is 22.7 Å².